The fourth-order valence-electron chi connectivity index (χ4n) is 10.4. The van der Waals surface area contributed by atoms with E-state index in [9.17, 15) is 0 Å². The van der Waals surface area contributed by atoms with E-state index in [-0.39, 0.29) is 0 Å². The Morgan fingerprint density at radius 1 is 0.275 bits per heavy atom. The Morgan fingerprint density at radius 2 is 0.667 bits per heavy atom. The summed E-state index contributed by atoms with van der Waals surface area (Å²) < 4.78 is 12.1. The Balaban J connectivity index is 1.00. The van der Waals surface area contributed by atoms with Gasteiger partial charge in [0.05, 0.1) is 27.8 Å². The van der Waals surface area contributed by atoms with Gasteiger partial charge in [0.25, 0.3) is 0 Å². The maximum atomic E-state index is 7.41. The van der Waals surface area contributed by atoms with Crippen molar-refractivity contribution in [1.29, 1.82) is 0 Å². The van der Waals surface area contributed by atoms with Crippen molar-refractivity contribution < 1.29 is 4.42 Å². The monoisotopic (exact) mass is 881 g/mol. The molecule has 0 amide bonds. The summed E-state index contributed by atoms with van der Waals surface area (Å²) in [6.45, 7) is 0. The molecule has 0 unspecified atom stereocenters. The molecule has 0 saturated carbocycles. The lowest BCUT2D eigenvalue weighted by Gasteiger charge is -2.14. The molecular formula is C63H39N5O. The van der Waals surface area contributed by atoms with E-state index in [4.69, 9.17) is 19.4 Å². The van der Waals surface area contributed by atoms with Crippen LogP contribution in [0.4, 0.5) is 0 Å². The molecule has 0 atom stereocenters. The molecule has 0 aliphatic carbocycles. The number of hydrogen-bond donors (Lipinski definition) is 0. The Kier molecular flexibility index (Phi) is 8.79. The number of benzene rings is 10. The third-order valence-corrected chi connectivity index (χ3v) is 13.6. The van der Waals surface area contributed by atoms with Crippen molar-refractivity contribution in [2.75, 3.05) is 0 Å². The lowest BCUT2D eigenvalue weighted by molar-refractivity contribution is 0.673. The number of furan rings is 1. The van der Waals surface area contributed by atoms with Gasteiger partial charge in [-0.3, -0.25) is 0 Å². The molecule has 0 saturated heterocycles. The van der Waals surface area contributed by atoms with Gasteiger partial charge in [-0.05, 0) is 70.8 Å². The lowest BCUT2D eigenvalue weighted by atomic mass is 10.0. The van der Waals surface area contributed by atoms with Crippen LogP contribution in [-0.4, -0.2) is 24.1 Å². The van der Waals surface area contributed by atoms with E-state index in [1.54, 1.807) is 0 Å². The number of aromatic nitrogens is 5. The number of nitrogens with zero attached hydrogens (tertiary/aromatic N) is 5. The third kappa shape index (κ3) is 6.23. The van der Waals surface area contributed by atoms with Gasteiger partial charge in [-0.25, -0.2) is 15.0 Å². The second-order valence-corrected chi connectivity index (χ2v) is 17.5. The van der Waals surface area contributed by atoms with Crippen molar-refractivity contribution in [2.45, 2.75) is 0 Å². The molecule has 0 aliphatic heterocycles. The summed E-state index contributed by atoms with van der Waals surface area (Å²) in [7, 11) is 0. The summed E-state index contributed by atoms with van der Waals surface area (Å²) >= 11 is 0. The first-order chi connectivity index (χ1) is 34.2. The van der Waals surface area contributed by atoms with Crippen LogP contribution >= 0.6 is 0 Å². The number of para-hydroxylation sites is 3. The summed E-state index contributed by atoms with van der Waals surface area (Å²) in [5.74, 6) is 1.78. The quantitative estimate of drug-likeness (QED) is 0.160. The molecule has 0 radical (unpaired) electrons. The van der Waals surface area contributed by atoms with Crippen molar-refractivity contribution in [3.63, 3.8) is 0 Å². The van der Waals surface area contributed by atoms with Gasteiger partial charge >= 0.3 is 0 Å². The van der Waals surface area contributed by atoms with E-state index < -0.39 is 0 Å². The fraction of sp³-hybridized carbons (Fsp3) is 0. The highest BCUT2D eigenvalue weighted by atomic mass is 16.3. The van der Waals surface area contributed by atoms with Crippen molar-refractivity contribution in [3.8, 4) is 67.8 Å². The van der Waals surface area contributed by atoms with Crippen molar-refractivity contribution in [3.05, 3.63) is 237 Å². The van der Waals surface area contributed by atoms with Gasteiger partial charge in [0.1, 0.15) is 0 Å². The molecule has 6 nitrogen and oxygen atoms in total. The van der Waals surface area contributed by atoms with Gasteiger partial charge < -0.3 is 13.6 Å². The molecule has 0 spiro atoms. The molecule has 322 valence electrons. The summed E-state index contributed by atoms with van der Waals surface area (Å²) in [4.78, 5) is 15.6. The van der Waals surface area contributed by atoms with E-state index in [1.165, 1.54) is 16.5 Å². The highest BCUT2D eigenvalue weighted by Gasteiger charge is 2.25. The molecule has 14 rings (SSSR count). The zero-order chi connectivity index (χ0) is 45.4. The summed E-state index contributed by atoms with van der Waals surface area (Å²) in [5.41, 5.74) is 15.2. The predicted octanol–water partition coefficient (Wildman–Crippen LogP) is 16.3. The number of fused-ring (bicyclic) bond motifs is 11. The summed E-state index contributed by atoms with van der Waals surface area (Å²) in [6.07, 6.45) is 0. The van der Waals surface area contributed by atoms with Crippen LogP contribution in [0.3, 0.4) is 0 Å². The predicted molar refractivity (Wildman–Crippen MR) is 283 cm³/mol. The maximum absolute atomic E-state index is 7.41. The zero-order valence-corrected chi connectivity index (χ0v) is 37.2. The van der Waals surface area contributed by atoms with E-state index in [1.807, 2.05) is 24.3 Å². The van der Waals surface area contributed by atoms with Crippen LogP contribution in [0, 0.1) is 0 Å². The van der Waals surface area contributed by atoms with Crippen LogP contribution in [0.15, 0.2) is 241 Å². The molecular weight excluding hydrogens is 843 g/mol. The SMILES string of the molecule is c1ccc(-c2ccc(-c3nc(-c4ccccc4)nc(-c4ccccc4-n4c5ccccc5c5ccc6c7ccc8c9ccccc9n(-c9ccc(-c%10ccccc%10)cc9)c8c7oc6c54)n3)cc2)cc1. The van der Waals surface area contributed by atoms with E-state index >= 15 is 0 Å². The van der Waals surface area contributed by atoms with Gasteiger partial charge in [-0.15, -0.1) is 0 Å². The average molecular weight is 882 g/mol. The second-order valence-electron chi connectivity index (χ2n) is 17.5. The third-order valence-electron chi connectivity index (χ3n) is 13.6. The molecule has 69 heavy (non-hydrogen) atoms. The van der Waals surface area contributed by atoms with Crippen LogP contribution in [0.25, 0.3) is 133 Å². The van der Waals surface area contributed by atoms with Gasteiger partial charge in [0.15, 0.2) is 28.6 Å². The lowest BCUT2D eigenvalue weighted by Crippen LogP contribution is -2.03. The maximum Gasteiger partial charge on any atom is 0.166 e. The smallest absolute Gasteiger partial charge is 0.166 e. The fourth-order valence-corrected chi connectivity index (χ4v) is 10.4. The molecule has 10 aromatic carbocycles. The standard InChI is InChI=1S/C63H39N5O/c1-4-16-40(17-5-1)42-28-30-45(31-29-42)62-64-61(44-20-8-3-9-21-44)65-63(66-62)53-24-12-15-27-56(53)68-55-26-14-11-23-48(55)50-37-39-52-51-38-36-49-47-22-10-13-25-54(47)67(57(49)59(51)69-60(52)58(50)68)46-34-32-43(33-35-46)41-18-6-2-7-19-41/h1-39H. The van der Waals surface area contributed by atoms with E-state index in [0.717, 1.165) is 99.4 Å². The molecule has 0 aliphatic rings. The van der Waals surface area contributed by atoms with Gasteiger partial charge in [-0.1, -0.05) is 188 Å². The van der Waals surface area contributed by atoms with Crippen molar-refractivity contribution >= 4 is 65.6 Å². The van der Waals surface area contributed by atoms with Crippen LogP contribution in [0.5, 0.6) is 0 Å². The van der Waals surface area contributed by atoms with Gasteiger partial charge in [0.2, 0.25) is 0 Å². The van der Waals surface area contributed by atoms with Crippen LogP contribution in [0.2, 0.25) is 0 Å². The van der Waals surface area contributed by atoms with Crippen LogP contribution < -0.4 is 0 Å². The Hall–Kier alpha value is -9.39. The highest BCUT2D eigenvalue weighted by molar-refractivity contribution is 6.26. The second kappa shape index (κ2) is 15.6. The van der Waals surface area contributed by atoms with Gasteiger partial charge in [-0.2, -0.15) is 0 Å². The Morgan fingerprint density at radius 3 is 1.25 bits per heavy atom. The largest absolute Gasteiger partial charge is 0.452 e. The molecule has 0 bridgehead atoms. The molecule has 6 heteroatoms. The molecule has 14 aromatic rings. The minimum atomic E-state index is 0.578. The van der Waals surface area contributed by atoms with E-state index in [2.05, 4.69) is 221 Å². The summed E-state index contributed by atoms with van der Waals surface area (Å²) in [5, 5.41) is 6.64. The Labute approximate surface area is 396 Å². The first kappa shape index (κ1) is 38.8. The first-order valence-electron chi connectivity index (χ1n) is 23.3. The zero-order valence-electron chi connectivity index (χ0n) is 37.2. The first-order valence-corrected chi connectivity index (χ1v) is 23.3. The molecule has 0 fully saturated rings. The summed E-state index contributed by atoms with van der Waals surface area (Å²) in [6, 6.07) is 83.1. The minimum Gasteiger partial charge on any atom is -0.452 e. The molecule has 4 aromatic heterocycles. The van der Waals surface area contributed by atoms with Gasteiger partial charge in [0, 0.05) is 54.7 Å². The van der Waals surface area contributed by atoms with Crippen LogP contribution in [-0.2, 0) is 0 Å². The number of hydrogen-bond acceptors (Lipinski definition) is 4. The molecule has 0 N–H and O–H groups in total. The topological polar surface area (TPSA) is 61.7 Å². The normalized spacial score (nSPS) is 11.8. The minimum absolute atomic E-state index is 0.578. The molecule has 4 heterocycles. The number of rotatable bonds is 7. The van der Waals surface area contributed by atoms with E-state index in [0.29, 0.717) is 17.5 Å². The average Bonchev–Trinajstić information content (AvgIpc) is 4.10. The van der Waals surface area contributed by atoms with Crippen LogP contribution in [0.1, 0.15) is 0 Å². The van der Waals surface area contributed by atoms with Crippen molar-refractivity contribution in [1.82, 2.24) is 24.1 Å². The Bertz CT molecular complexity index is 4270. The van der Waals surface area contributed by atoms with Crippen molar-refractivity contribution in [2.24, 2.45) is 0 Å². The highest BCUT2D eigenvalue weighted by Crippen LogP contribution is 2.45.